The van der Waals surface area contributed by atoms with E-state index in [1.54, 1.807) is 18.5 Å². The predicted octanol–water partition coefficient (Wildman–Crippen LogP) is 7.28. The normalized spacial score (nSPS) is 11.9. The molecule has 0 N–H and O–H groups in total. The molecule has 1 heterocycles. The van der Waals surface area contributed by atoms with Crippen molar-refractivity contribution in [3.63, 3.8) is 0 Å². The van der Waals surface area contributed by atoms with Gasteiger partial charge in [-0.25, -0.2) is 15.0 Å². The molecule has 1 aromatic heterocycles. The van der Waals surface area contributed by atoms with Gasteiger partial charge in [-0.2, -0.15) is 0 Å². The van der Waals surface area contributed by atoms with E-state index in [-0.39, 0.29) is 26.5 Å². The summed E-state index contributed by atoms with van der Waals surface area (Å²) in [5, 5.41) is 24.8. The minimum Gasteiger partial charge on any atom is -0.873 e. The third kappa shape index (κ3) is 7.93. The molecular weight excluding hydrogens is 552 g/mol. The van der Waals surface area contributed by atoms with Crippen LogP contribution in [-0.4, -0.2) is 15.7 Å². The molecule has 0 saturated carbocycles. The summed E-state index contributed by atoms with van der Waals surface area (Å²) in [4.78, 5) is 13.1. The van der Waals surface area contributed by atoms with Gasteiger partial charge in [0, 0.05) is 12.4 Å². The molecule has 0 bridgehead atoms. The number of aliphatic imine (C=N–C) groups is 1. The first kappa shape index (κ1) is 32.9. The van der Waals surface area contributed by atoms with Crippen LogP contribution < -0.4 is 10.2 Å². The van der Waals surface area contributed by atoms with Gasteiger partial charge in [-0.05, 0) is 66.8 Å². The number of benzene rings is 2. The number of halogens is 2. The Balaban J connectivity index is 0.000000360. The summed E-state index contributed by atoms with van der Waals surface area (Å²) in [5.74, 6) is -0.402. The van der Waals surface area contributed by atoms with Gasteiger partial charge >= 0.3 is 16.5 Å². The Morgan fingerprint density at radius 3 is 1.51 bits per heavy atom. The van der Waals surface area contributed by atoms with Crippen molar-refractivity contribution in [3.05, 3.63) is 74.3 Å². The maximum Gasteiger partial charge on any atom is 2.00 e. The van der Waals surface area contributed by atoms with Crippen molar-refractivity contribution in [1.29, 1.82) is 0 Å². The molecule has 5 nitrogen and oxygen atoms in total. The fraction of sp³-hybridized carbons (Fsp3) is 0.414. The Kier molecular flexibility index (Phi) is 11.2. The molecule has 3 aromatic rings. The Hall–Kier alpha value is -2.14. The second kappa shape index (κ2) is 12.6. The molecule has 8 heteroatoms. The van der Waals surface area contributed by atoms with Crippen LogP contribution in [0.1, 0.15) is 82.1 Å². The largest absolute Gasteiger partial charge is 2.00 e. The maximum atomic E-state index is 12.2. The van der Waals surface area contributed by atoms with E-state index in [4.69, 9.17) is 23.2 Å². The quantitative estimate of drug-likeness (QED) is 0.233. The van der Waals surface area contributed by atoms with E-state index in [1.165, 1.54) is 16.7 Å². The summed E-state index contributed by atoms with van der Waals surface area (Å²) >= 11 is 12.4. The average Bonchev–Trinajstić information content (AvgIpc) is 2.74. The van der Waals surface area contributed by atoms with Gasteiger partial charge in [0.25, 0.3) is 0 Å². The van der Waals surface area contributed by atoms with Crippen LogP contribution in [0.15, 0.2) is 35.6 Å². The van der Waals surface area contributed by atoms with E-state index in [9.17, 15) is 10.2 Å². The Bertz CT molecular complexity index is 1180. The smallest absolute Gasteiger partial charge is 0.873 e. The molecule has 0 unspecified atom stereocenters. The fourth-order valence-electron chi connectivity index (χ4n) is 4.04. The average molecular weight is 587 g/mol. The van der Waals surface area contributed by atoms with Crippen LogP contribution in [0.25, 0.3) is 0 Å². The third-order valence-corrected chi connectivity index (χ3v) is 6.45. The Morgan fingerprint density at radius 1 is 0.784 bits per heavy atom. The van der Waals surface area contributed by atoms with Gasteiger partial charge in [-0.15, -0.1) is 11.5 Å². The molecular formula is C29H35Cl2N3NiO2. The van der Waals surface area contributed by atoms with Crippen LogP contribution in [0, 0.1) is 20.8 Å². The molecule has 0 aliphatic heterocycles. The standard InChI is InChI=1S/C15H17N3.C14H20Cl2O2.Ni/c1-10-8-11(2)14(12(3)9-10)18-13(4)15-16-6-5-7-17-15;1-13(2,3)7-9(15)10(16)8(14(4,5)6)12(18)11(7)17;/h5-9H,1-4H3;17-18H,1-6H3;/q;;+2/p-2. The van der Waals surface area contributed by atoms with E-state index in [1.807, 2.05) is 48.5 Å². The molecule has 0 radical (unpaired) electrons. The molecule has 0 saturated heterocycles. The van der Waals surface area contributed by atoms with Gasteiger partial charge < -0.3 is 10.2 Å². The number of aromatic nitrogens is 2. The van der Waals surface area contributed by atoms with Gasteiger partial charge in [0.05, 0.1) is 21.4 Å². The minimum absolute atomic E-state index is 0. The van der Waals surface area contributed by atoms with Crippen LogP contribution in [0.2, 0.25) is 10.0 Å². The second-order valence-electron chi connectivity index (χ2n) is 11.1. The van der Waals surface area contributed by atoms with Gasteiger partial charge in [0.15, 0.2) is 5.82 Å². The van der Waals surface area contributed by atoms with Crippen LogP contribution >= 0.6 is 23.2 Å². The van der Waals surface area contributed by atoms with E-state index in [2.05, 4.69) is 47.9 Å². The summed E-state index contributed by atoms with van der Waals surface area (Å²) in [6.07, 6.45) is 3.46. The SMILES string of the molecule is CC(=Nc1c(C)cc(C)cc1C)c1ncccn1.CC(C)(C)c1c([O-])c([O-])c(C(C)(C)C)c(Cl)c1Cl.[Ni+2]. The molecule has 2 aromatic carbocycles. The zero-order valence-electron chi connectivity index (χ0n) is 23.1. The van der Waals surface area contributed by atoms with Crippen LogP contribution in [0.5, 0.6) is 11.5 Å². The molecule has 37 heavy (non-hydrogen) atoms. The molecule has 0 amide bonds. The van der Waals surface area contributed by atoms with Crippen molar-refractivity contribution >= 4 is 34.6 Å². The van der Waals surface area contributed by atoms with Gasteiger partial charge in [-0.3, -0.25) is 0 Å². The van der Waals surface area contributed by atoms with Crippen LogP contribution in [0.4, 0.5) is 5.69 Å². The monoisotopic (exact) mass is 585 g/mol. The summed E-state index contributed by atoms with van der Waals surface area (Å²) in [6, 6.07) is 6.09. The van der Waals surface area contributed by atoms with Crippen molar-refractivity contribution in [2.75, 3.05) is 0 Å². The number of hydrogen-bond donors (Lipinski definition) is 0. The van der Waals surface area contributed by atoms with Crippen molar-refractivity contribution in [2.45, 2.75) is 80.1 Å². The van der Waals surface area contributed by atoms with Crippen LogP contribution in [-0.2, 0) is 27.3 Å². The zero-order chi connectivity index (χ0) is 27.6. The first-order chi connectivity index (χ1) is 16.5. The number of nitrogens with zero attached hydrogens (tertiary/aromatic N) is 3. The summed E-state index contributed by atoms with van der Waals surface area (Å²) in [5.41, 5.74) is 5.07. The van der Waals surface area contributed by atoms with Gasteiger partial charge in [-0.1, -0.05) is 82.4 Å². The van der Waals surface area contributed by atoms with E-state index >= 15 is 0 Å². The molecule has 3 rings (SSSR count). The first-order valence-electron chi connectivity index (χ1n) is 11.8. The summed E-state index contributed by atoms with van der Waals surface area (Å²) < 4.78 is 0. The molecule has 0 atom stereocenters. The molecule has 0 spiro atoms. The first-order valence-corrected chi connectivity index (χ1v) is 12.5. The predicted molar refractivity (Wildman–Crippen MR) is 147 cm³/mol. The summed E-state index contributed by atoms with van der Waals surface area (Å²) in [6.45, 7) is 19.2. The molecule has 202 valence electrons. The van der Waals surface area contributed by atoms with Crippen molar-refractivity contribution in [2.24, 2.45) is 4.99 Å². The maximum absolute atomic E-state index is 12.2. The Labute approximate surface area is 241 Å². The second-order valence-corrected chi connectivity index (χ2v) is 11.8. The Morgan fingerprint density at radius 2 is 1.16 bits per heavy atom. The fourth-order valence-corrected chi connectivity index (χ4v) is 4.97. The number of aryl methyl sites for hydroxylation is 3. The molecule has 0 aliphatic carbocycles. The number of rotatable bonds is 2. The minimum atomic E-state index is -0.540. The molecule has 0 fully saturated rings. The van der Waals surface area contributed by atoms with Gasteiger partial charge in [0.1, 0.15) is 0 Å². The van der Waals surface area contributed by atoms with Crippen LogP contribution in [0.3, 0.4) is 0 Å². The molecule has 0 aliphatic rings. The number of hydrogen-bond acceptors (Lipinski definition) is 5. The summed E-state index contributed by atoms with van der Waals surface area (Å²) in [7, 11) is 0. The van der Waals surface area contributed by atoms with Crippen molar-refractivity contribution < 1.29 is 26.7 Å². The van der Waals surface area contributed by atoms with Crippen molar-refractivity contribution in [1.82, 2.24) is 9.97 Å². The van der Waals surface area contributed by atoms with E-state index in [0.717, 1.165) is 11.4 Å². The van der Waals surface area contributed by atoms with E-state index in [0.29, 0.717) is 17.0 Å². The third-order valence-electron chi connectivity index (χ3n) is 5.60. The van der Waals surface area contributed by atoms with Crippen molar-refractivity contribution in [3.8, 4) is 11.5 Å². The van der Waals surface area contributed by atoms with Gasteiger partial charge in [0.2, 0.25) is 0 Å². The zero-order valence-corrected chi connectivity index (χ0v) is 25.6. The topological polar surface area (TPSA) is 84.3 Å². The van der Waals surface area contributed by atoms with E-state index < -0.39 is 22.3 Å².